The third-order valence-electron chi connectivity index (χ3n) is 5.03. The SMILES string of the molecule is CN(C1CC1)S(=O)(=O)c1ccc(C(=O)Nc2nnc(-c3ccc(S(C)(=O)=O)cc3)o2)cc1. The van der Waals surface area contributed by atoms with E-state index in [2.05, 4.69) is 15.5 Å². The van der Waals surface area contributed by atoms with Gasteiger partial charge in [-0.05, 0) is 61.4 Å². The number of nitrogens with one attached hydrogen (secondary N) is 1. The Morgan fingerprint density at radius 1 is 0.969 bits per heavy atom. The van der Waals surface area contributed by atoms with Gasteiger partial charge in [0.2, 0.25) is 15.9 Å². The van der Waals surface area contributed by atoms with Gasteiger partial charge in [-0.25, -0.2) is 16.8 Å². The fraction of sp³-hybridized carbons (Fsp3) is 0.250. The van der Waals surface area contributed by atoms with Crippen LogP contribution in [0.1, 0.15) is 23.2 Å². The summed E-state index contributed by atoms with van der Waals surface area (Å²) in [7, 11) is -5.37. The molecule has 1 amide bonds. The first-order valence-electron chi connectivity index (χ1n) is 9.59. The molecular formula is C20H20N4O6S2. The number of carbonyl (C=O) groups is 1. The Morgan fingerprint density at radius 2 is 1.56 bits per heavy atom. The molecule has 3 aromatic rings. The lowest BCUT2D eigenvalue weighted by molar-refractivity contribution is 0.102. The molecule has 0 spiro atoms. The molecule has 1 fully saturated rings. The highest BCUT2D eigenvalue weighted by molar-refractivity contribution is 7.90. The summed E-state index contributed by atoms with van der Waals surface area (Å²) in [5.41, 5.74) is 0.704. The van der Waals surface area contributed by atoms with E-state index in [9.17, 15) is 21.6 Å². The first-order chi connectivity index (χ1) is 15.1. The zero-order chi connectivity index (χ0) is 23.1. The van der Waals surface area contributed by atoms with Crippen molar-refractivity contribution in [2.75, 3.05) is 18.6 Å². The van der Waals surface area contributed by atoms with Gasteiger partial charge in [0.05, 0.1) is 9.79 Å². The highest BCUT2D eigenvalue weighted by atomic mass is 32.2. The summed E-state index contributed by atoms with van der Waals surface area (Å²) in [6, 6.07) is 11.3. The van der Waals surface area contributed by atoms with Crippen LogP contribution in [0.5, 0.6) is 0 Å². The number of nitrogens with zero attached hydrogens (tertiary/aromatic N) is 3. The van der Waals surface area contributed by atoms with Crippen LogP contribution >= 0.6 is 0 Å². The second-order valence-electron chi connectivity index (χ2n) is 7.44. The fourth-order valence-electron chi connectivity index (χ4n) is 2.98. The van der Waals surface area contributed by atoms with Crippen molar-refractivity contribution < 1.29 is 26.0 Å². The first-order valence-corrected chi connectivity index (χ1v) is 12.9. The molecule has 1 N–H and O–H groups in total. The summed E-state index contributed by atoms with van der Waals surface area (Å²) in [4.78, 5) is 12.7. The number of rotatable bonds is 7. The van der Waals surface area contributed by atoms with Crippen molar-refractivity contribution in [3.8, 4) is 11.5 Å². The minimum absolute atomic E-state index is 0.0391. The van der Waals surface area contributed by atoms with Crippen molar-refractivity contribution in [1.29, 1.82) is 0 Å². The number of sulfonamides is 1. The lowest BCUT2D eigenvalue weighted by atomic mass is 10.2. The topological polar surface area (TPSA) is 140 Å². The van der Waals surface area contributed by atoms with Gasteiger partial charge in [0.25, 0.3) is 5.91 Å². The molecule has 12 heteroatoms. The van der Waals surface area contributed by atoms with Crippen LogP contribution in [0.15, 0.2) is 62.7 Å². The zero-order valence-corrected chi connectivity index (χ0v) is 18.9. The van der Waals surface area contributed by atoms with E-state index in [4.69, 9.17) is 4.42 Å². The predicted molar refractivity (Wildman–Crippen MR) is 115 cm³/mol. The molecule has 1 heterocycles. The third kappa shape index (κ3) is 4.56. The van der Waals surface area contributed by atoms with E-state index in [1.165, 1.54) is 52.8 Å². The van der Waals surface area contributed by atoms with E-state index >= 15 is 0 Å². The van der Waals surface area contributed by atoms with Gasteiger partial charge < -0.3 is 4.42 Å². The van der Waals surface area contributed by atoms with Crippen LogP contribution in [0.3, 0.4) is 0 Å². The van der Waals surface area contributed by atoms with Crippen LogP contribution in [-0.4, -0.2) is 56.6 Å². The minimum Gasteiger partial charge on any atom is -0.403 e. The molecule has 1 saturated carbocycles. The molecule has 0 bridgehead atoms. The number of anilines is 1. The Morgan fingerprint density at radius 3 is 2.12 bits per heavy atom. The molecule has 2 aromatic carbocycles. The number of hydrogen-bond acceptors (Lipinski definition) is 8. The normalized spacial score (nSPS) is 14.5. The number of sulfone groups is 1. The van der Waals surface area contributed by atoms with E-state index in [-0.39, 0.29) is 33.3 Å². The highest BCUT2D eigenvalue weighted by Crippen LogP contribution is 2.30. The number of hydrogen-bond donors (Lipinski definition) is 1. The van der Waals surface area contributed by atoms with E-state index < -0.39 is 25.8 Å². The van der Waals surface area contributed by atoms with Gasteiger partial charge in [0.15, 0.2) is 9.84 Å². The van der Waals surface area contributed by atoms with Crippen LogP contribution < -0.4 is 5.32 Å². The van der Waals surface area contributed by atoms with Crippen molar-refractivity contribution in [3.05, 3.63) is 54.1 Å². The molecule has 1 aliphatic rings. The summed E-state index contributed by atoms with van der Waals surface area (Å²) in [6.45, 7) is 0. The van der Waals surface area contributed by atoms with Crippen molar-refractivity contribution in [2.24, 2.45) is 0 Å². The maximum atomic E-state index is 12.6. The molecule has 1 aromatic heterocycles. The second kappa shape index (κ2) is 8.11. The Kier molecular flexibility index (Phi) is 5.61. The molecule has 0 unspecified atom stereocenters. The van der Waals surface area contributed by atoms with Crippen molar-refractivity contribution in [1.82, 2.24) is 14.5 Å². The monoisotopic (exact) mass is 476 g/mol. The van der Waals surface area contributed by atoms with Crippen LogP contribution in [0.4, 0.5) is 6.01 Å². The van der Waals surface area contributed by atoms with E-state index in [1.54, 1.807) is 7.05 Å². The molecule has 168 valence electrons. The summed E-state index contributed by atoms with van der Waals surface area (Å²) in [6.07, 6.45) is 2.81. The summed E-state index contributed by atoms with van der Waals surface area (Å²) in [5, 5.41) is 10.1. The quantitative estimate of drug-likeness (QED) is 0.547. The van der Waals surface area contributed by atoms with Crippen molar-refractivity contribution in [2.45, 2.75) is 28.7 Å². The average molecular weight is 477 g/mol. The molecular weight excluding hydrogens is 456 g/mol. The first kappa shape index (κ1) is 22.1. The molecule has 0 atom stereocenters. The highest BCUT2D eigenvalue weighted by Gasteiger charge is 2.35. The molecule has 32 heavy (non-hydrogen) atoms. The van der Waals surface area contributed by atoms with Gasteiger partial charge in [-0.15, -0.1) is 5.10 Å². The van der Waals surface area contributed by atoms with Gasteiger partial charge in [-0.1, -0.05) is 5.10 Å². The maximum Gasteiger partial charge on any atom is 0.322 e. The van der Waals surface area contributed by atoms with E-state index in [1.807, 2.05) is 0 Å². The van der Waals surface area contributed by atoms with Crippen LogP contribution in [0, 0.1) is 0 Å². The molecule has 0 aliphatic heterocycles. The smallest absolute Gasteiger partial charge is 0.322 e. The van der Waals surface area contributed by atoms with Gasteiger partial charge in [0.1, 0.15) is 0 Å². The van der Waals surface area contributed by atoms with E-state index in [0.717, 1.165) is 19.1 Å². The third-order valence-corrected chi connectivity index (χ3v) is 8.08. The largest absolute Gasteiger partial charge is 0.403 e. The molecule has 0 saturated heterocycles. The standard InChI is InChI=1S/C20H20N4O6S2/c1-24(15-7-8-15)32(28,29)17-11-3-13(4-12-17)18(25)21-20-23-22-19(30-20)14-5-9-16(10-6-14)31(2,26)27/h3-6,9-12,15H,7-8H2,1-2H3,(H,21,23,25). The van der Waals surface area contributed by atoms with Crippen LogP contribution in [-0.2, 0) is 19.9 Å². The van der Waals surface area contributed by atoms with Crippen molar-refractivity contribution in [3.63, 3.8) is 0 Å². The van der Waals surface area contributed by atoms with Crippen LogP contribution in [0.2, 0.25) is 0 Å². The summed E-state index contributed by atoms with van der Waals surface area (Å²) < 4.78 is 55.0. The average Bonchev–Trinajstić information content (AvgIpc) is 3.51. The molecule has 10 nitrogen and oxygen atoms in total. The predicted octanol–water partition coefficient (Wildman–Crippen LogP) is 2.18. The van der Waals surface area contributed by atoms with Gasteiger partial charge in [0, 0.05) is 30.5 Å². The second-order valence-corrected chi connectivity index (χ2v) is 11.5. The van der Waals surface area contributed by atoms with E-state index in [0.29, 0.717) is 5.56 Å². The Balaban J connectivity index is 1.45. The fourth-order valence-corrected chi connectivity index (χ4v) is 5.03. The van der Waals surface area contributed by atoms with Crippen molar-refractivity contribution >= 4 is 31.8 Å². The number of carbonyl (C=O) groups excluding carboxylic acids is 1. The molecule has 1 aliphatic carbocycles. The number of aromatic nitrogens is 2. The maximum absolute atomic E-state index is 12.6. The molecule has 0 radical (unpaired) electrons. The van der Waals surface area contributed by atoms with Crippen LogP contribution in [0.25, 0.3) is 11.5 Å². The number of amides is 1. The summed E-state index contributed by atoms with van der Waals surface area (Å²) >= 11 is 0. The Hall–Kier alpha value is -3.09. The lowest BCUT2D eigenvalue weighted by Gasteiger charge is -2.16. The number of benzene rings is 2. The van der Waals surface area contributed by atoms with Gasteiger partial charge in [-0.3, -0.25) is 10.1 Å². The minimum atomic E-state index is -3.59. The van der Waals surface area contributed by atoms with Gasteiger partial charge in [-0.2, -0.15) is 4.31 Å². The lowest BCUT2D eigenvalue weighted by Crippen LogP contribution is -2.29. The molecule has 4 rings (SSSR count). The summed E-state index contributed by atoms with van der Waals surface area (Å²) in [5.74, 6) is -0.447. The Bertz CT molecular complexity index is 1360. The van der Waals surface area contributed by atoms with Gasteiger partial charge >= 0.3 is 6.01 Å². The zero-order valence-electron chi connectivity index (χ0n) is 17.2. The Labute approximate surface area is 185 Å².